The summed E-state index contributed by atoms with van der Waals surface area (Å²) in [4.78, 5) is 29.7. The van der Waals surface area contributed by atoms with Crippen LogP contribution in [0.1, 0.15) is 25.0 Å². The number of benzene rings is 1. The number of fused-ring (bicyclic) bond motifs is 3. The molecule has 1 aromatic rings. The Morgan fingerprint density at radius 1 is 1.24 bits per heavy atom. The van der Waals surface area contributed by atoms with Gasteiger partial charge in [-0.1, -0.05) is 36.4 Å². The molecule has 0 saturated carbocycles. The molecule has 8 nitrogen and oxygen atoms in total. The standard InChI is InChI=1S/C20H20N6O2S/c21-10-11-22-16(27)13-29-20-23-18-17(15-9-5-2-6-12-25(15)20)19(28)26(24-18)14-7-3-1-4-8-14/h1,3-4,7-8H,2,5-6,9,11-13H2,(H,22,27). The van der Waals surface area contributed by atoms with Gasteiger partial charge in [-0.2, -0.15) is 9.94 Å². The number of carbonyl (C=O) groups excluding carboxylic acids is 1. The molecule has 4 rings (SSSR count). The molecule has 148 valence electrons. The maximum absolute atomic E-state index is 13.2. The van der Waals surface area contributed by atoms with Crippen LogP contribution in [0.4, 0.5) is 0 Å². The zero-order valence-electron chi connectivity index (χ0n) is 15.8. The molecule has 1 amide bonds. The van der Waals surface area contributed by atoms with E-state index in [1.54, 1.807) is 0 Å². The van der Waals surface area contributed by atoms with E-state index in [2.05, 4.69) is 20.0 Å². The minimum Gasteiger partial charge on any atom is -0.342 e. The maximum Gasteiger partial charge on any atom is 0.284 e. The van der Waals surface area contributed by atoms with Crippen LogP contribution in [0.5, 0.6) is 0 Å². The molecule has 0 bridgehead atoms. The zero-order valence-corrected chi connectivity index (χ0v) is 16.6. The lowest BCUT2D eigenvalue weighted by Crippen LogP contribution is -2.26. The predicted octanol–water partition coefficient (Wildman–Crippen LogP) is 1.99. The first-order valence-corrected chi connectivity index (χ1v) is 10.5. The molecule has 0 spiro atoms. The summed E-state index contributed by atoms with van der Waals surface area (Å²) in [7, 11) is 0. The van der Waals surface area contributed by atoms with Crippen molar-refractivity contribution in [1.82, 2.24) is 24.6 Å². The first-order valence-electron chi connectivity index (χ1n) is 9.53. The van der Waals surface area contributed by atoms with Gasteiger partial charge in [0.1, 0.15) is 12.1 Å². The van der Waals surface area contributed by atoms with Crippen molar-refractivity contribution in [3.63, 3.8) is 0 Å². The summed E-state index contributed by atoms with van der Waals surface area (Å²) in [6.07, 6.45) is 3.86. The highest BCUT2D eigenvalue weighted by Crippen LogP contribution is 2.30. The van der Waals surface area contributed by atoms with Crippen LogP contribution in [0.15, 0.2) is 40.3 Å². The lowest BCUT2D eigenvalue weighted by Gasteiger charge is -2.17. The monoisotopic (exact) mass is 408 g/mol. The molecule has 3 heterocycles. The zero-order chi connectivity index (χ0) is 20.2. The smallest absolute Gasteiger partial charge is 0.284 e. The van der Waals surface area contributed by atoms with Crippen molar-refractivity contribution < 1.29 is 4.79 Å². The van der Waals surface area contributed by atoms with E-state index in [9.17, 15) is 9.59 Å². The molecule has 0 radical (unpaired) electrons. The Bertz CT molecular complexity index is 1100. The van der Waals surface area contributed by atoms with Crippen molar-refractivity contribution in [1.29, 1.82) is 5.26 Å². The van der Waals surface area contributed by atoms with Gasteiger partial charge < -0.3 is 9.88 Å². The van der Waals surface area contributed by atoms with E-state index in [-0.39, 0.29) is 23.8 Å². The Labute approximate surface area is 171 Å². The summed E-state index contributed by atoms with van der Waals surface area (Å²) in [6, 6.07) is 11.2. The van der Waals surface area contributed by atoms with E-state index >= 15 is 0 Å². The molecule has 1 aromatic carbocycles. The third-order valence-electron chi connectivity index (χ3n) is 4.86. The van der Waals surface area contributed by atoms with Crippen LogP contribution >= 0.6 is 11.8 Å². The Morgan fingerprint density at radius 2 is 2.07 bits per heavy atom. The van der Waals surface area contributed by atoms with Crippen LogP contribution in [0.2, 0.25) is 0 Å². The van der Waals surface area contributed by atoms with Crippen molar-refractivity contribution in [2.45, 2.75) is 37.4 Å². The number of nitriles is 1. The highest BCUT2D eigenvalue weighted by Gasteiger charge is 2.27. The molecule has 3 aliphatic heterocycles. The average Bonchev–Trinajstić information content (AvgIpc) is 2.91. The van der Waals surface area contributed by atoms with E-state index in [1.165, 1.54) is 16.4 Å². The van der Waals surface area contributed by atoms with E-state index in [1.807, 2.05) is 36.4 Å². The SMILES string of the molecule is N#CCNC(=O)CSc1nc2nn(-c3ccccc3)c(=O)c-2c2n1CCCCC2. The van der Waals surface area contributed by atoms with Crippen molar-refractivity contribution in [3.05, 3.63) is 46.4 Å². The second-order valence-corrected chi connectivity index (χ2v) is 7.72. The minimum absolute atomic E-state index is 0.0157. The summed E-state index contributed by atoms with van der Waals surface area (Å²) >= 11 is 1.31. The molecule has 0 atom stereocenters. The van der Waals surface area contributed by atoms with Gasteiger partial charge in [0.25, 0.3) is 5.56 Å². The molecule has 0 saturated heterocycles. The Morgan fingerprint density at radius 3 is 2.86 bits per heavy atom. The molecule has 9 heteroatoms. The molecular weight excluding hydrogens is 388 g/mol. The summed E-state index contributed by atoms with van der Waals surface area (Å²) in [5, 5.41) is 16.3. The number of thioether (sulfide) groups is 1. The van der Waals surface area contributed by atoms with E-state index in [0.717, 1.165) is 37.9 Å². The third-order valence-corrected chi connectivity index (χ3v) is 5.84. The molecular formula is C20H20N6O2S. The molecule has 3 aliphatic rings. The first-order chi connectivity index (χ1) is 14.2. The van der Waals surface area contributed by atoms with Gasteiger partial charge in [0.05, 0.1) is 17.5 Å². The number of amides is 1. The lowest BCUT2D eigenvalue weighted by atomic mass is 10.1. The number of carbonyl (C=O) groups is 1. The van der Waals surface area contributed by atoms with E-state index in [4.69, 9.17) is 5.26 Å². The fraction of sp³-hybridized carbons (Fsp3) is 0.350. The summed E-state index contributed by atoms with van der Waals surface area (Å²) in [6.45, 7) is 0.745. The van der Waals surface area contributed by atoms with E-state index in [0.29, 0.717) is 22.2 Å². The molecule has 0 aliphatic carbocycles. The number of nitrogens with one attached hydrogen (secondary N) is 1. The van der Waals surface area contributed by atoms with Crippen LogP contribution in [0.3, 0.4) is 0 Å². The lowest BCUT2D eigenvalue weighted by molar-refractivity contribution is -0.118. The Balaban J connectivity index is 1.78. The highest BCUT2D eigenvalue weighted by molar-refractivity contribution is 7.99. The van der Waals surface area contributed by atoms with Crippen molar-refractivity contribution >= 4 is 17.7 Å². The van der Waals surface area contributed by atoms with E-state index < -0.39 is 0 Å². The molecule has 0 aromatic heterocycles. The summed E-state index contributed by atoms with van der Waals surface area (Å²) in [5.41, 5.74) is 2.05. The van der Waals surface area contributed by atoms with Gasteiger partial charge in [-0.3, -0.25) is 9.59 Å². The second-order valence-electron chi connectivity index (χ2n) is 6.78. The van der Waals surface area contributed by atoms with Crippen LogP contribution in [0, 0.1) is 11.3 Å². The van der Waals surface area contributed by atoms with Gasteiger partial charge in [0.2, 0.25) is 5.91 Å². The minimum atomic E-state index is -0.222. The number of hydrogen-bond donors (Lipinski definition) is 1. The topological polar surface area (TPSA) is 106 Å². The van der Waals surface area contributed by atoms with Gasteiger partial charge in [0, 0.05) is 12.2 Å². The molecule has 0 unspecified atom stereocenters. The predicted molar refractivity (Wildman–Crippen MR) is 109 cm³/mol. The maximum atomic E-state index is 13.2. The van der Waals surface area contributed by atoms with Crippen LogP contribution in [-0.2, 0) is 17.8 Å². The Kier molecular flexibility index (Phi) is 5.62. The van der Waals surface area contributed by atoms with Gasteiger partial charge in [-0.15, -0.1) is 5.10 Å². The number of para-hydroxylation sites is 1. The van der Waals surface area contributed by atoms with Crippen molar-refractivity contribution in [3.8, 4) is 23.1 Å². The normalized spacial score (nSPS) is 13.5. The summed E-state index contributed by atoms with van der Waals surface area (Å²) in [5.74, 6) is 0.344. The number of hydrogen-bond acceptors (Lipinski definition) is 6. The quantitative estimate of drug-likeness (QED) is 0.393. The molecule has 29 heavy (non-hydrogen) atoms. The van der Waals surface area contributed by atoms with Crippen LogP contribution < -0.4 is 10.9 Å². The van der Waals surface area contributed by atoms with Gasteiger partial charge in [-0.05, 0) is 31.4 Å². The van der Waals surface area contributed by atoms with Gasteiger partial charge in [-0.25, -0.2) is 4.98 Å². The third kappa shape index (κ3) is 3.89. The fourth-order valence-corrected chi connectivity index (χ4v) is 4.40. The number of nitrogens with zero attached hydrogens (tertiary/aromatic N) is 5. The first kappa shape index (κ1) is 19.2. The van der Waals surface area contributed by atoms with Gasteiger partial charge >= 0.3 is 0 Å². The summed E-state index contributed by atoms with van der Waals surface area (Å²) < 4.78 is 3.47. The van der Waals surface area contributed by atoms with Crippen molar-refractivity contribution in [2.24, 2.45) is 0 Å². The van der Waals surface area contributed by atoms with Gasteiger partial charge in [0.15, 0.2) is 11.0 Å². The number of aromatic nitrogens is 4. The van der Waals surface area contributed by atoms with Crippen molar-refractivity contribution in [2.75, 3.05) is 12.3 Å². The number of rotatable bonds is 5. The second kappa shape index (κ2) is 8.49. The Hall–Kier alpha value is -3.12. The molecule has 1 N–H and O–H groups in total. The average molecular weight is 408 g/mol. The van der Waals surface area contributed by atoms with Crippen LogP contribution in [0.25, 0.3) is 17.1 Å². The van der Waals surface area contributed by atoms with Crippen LogP contribution in [-0.4, -0.2) is 37.5 Å². The highest BCUT2D eigenvalue weighted by atomic mass is 32.2. The fourth-order valence-electron chi connectivity index (χ4n) is 3.53. The largest absolute Gasteiger partial charge is 0.342 e. The molecule has 0 fully saturated rings.